The fourth-order valence-corrected chi connectivity index (χ4v) is 1.57. The number of rotatable bonds is 6. The molecule has 0 spiro atoms. The number of allylic oxidation sites excluding steroid dienone is 1. The van der Waals surface area contributed by atoms with Crippen LogP contribution < -0.4 is 0 Å². The molecule has 2 N–H and O–H groups in total. The Morgan fingerprint density at radius 2 is 2.24 bits per heavy atom. The Kier molecular flexibility index (Phi) is 5.12. The van der Waals surface area contributed by atoms with Crippen LogP contribution in [0.2, 0.25) is 0 Å². The molecular formula is C13H18O4. The first kappa shape index (κ1) is 13.7. The zero-order valence-electron chi connectivity index (χ0n) is 9.93. The molecule has 4 heteroatoms. The predicted octanol–water partition coefficient (Wildman–Crippen LogP) is 1.10. The van der Waals surface area contributed by atoms with Crippen LogP contribution in [0.3, 0.4) is 0 Å². The number of hydrogen-bond acceptors (Lipinski definition) is 4. The molecule has 17 heavy (non-hydrogen) atoms. The molecular weight excluding hydrogens is 220 g/mol. The summed E-state index contributed by atoms with van der Waals surface area (Å²) in [7, 11) is 0. The van der Waals surface area contributed by atoms with E-state index in [0.29, 0.717) is 5.57 Å². The molecule has 0 aromatic heterocycles. The van der Waals surface area contributed by atoms with Gasteiger partial charge in [0.15, 0.2) is 0 Å². The lowest BCUT2D eigenvalue weighted by molar-refractivity contribution is -0.137. The van der Waals surface area contributed by atoms with Crippen LogP contribution >= 0.6 is 0 Å². The van der Waals surface area contributed by atoms with Gasteiger partial charge < -0.3 is 14.9 Å². The van der Waals surface area contributed by atoms with Gasteiger partial charge in [-0.05, 0) is 6.42 Å². The quantitative estimate of drug-likeness (QED) is 0.537. The molecule has 0 saturated heterocycles. The van der Waals surface area contributed by atoms with Crippen molar-refractivity contribution >= 4 is 5.97 Å². The lowest BCUT2D eigenvalue weighted by Crippen LogP contribution is -2.29. The number of hydrogen-bond donors (Lipinski definition) is 2. The third-order valence-corrected chi connectivity index (χ3v) is 2.56. The van der Waals surface area contributed by atoms with E-state index in [1.165, 1.54) is 6.08 Å². The lowest BCUT2D eigenvalue weighted by atomic mass is 10.00. The molecule has 4 nitrogen and oxygen atoms in total. The molecule has 1 rings (SSSR count). The smallest absolute Gasteiger partial charge is 0.337 e. The van der Waals surface area contributed by atoms with E-state index in [1.54, 1.807) is 6.08 Å². The maximum atomic E-state index is 11.5. The second-order valence-electron chi connectivity index (χ2n) is 3.88. The number of carbonyl (C=O) groups is 1. The van der Waals surface area contributed by atoms with Gasteiger partial charge in [-0.3, -0.25) is 0 Å². The summed E-state index contributed by atoms with van der Waals surface area (Å²) in [6.45, 7) is 5.57. The number of unbranched alkanes of at least 4 members (excludes halogenated alkanes) is 1. The van der Waals surface area contributed by atoms with Crippen LogP contribution in [0.4, 0.5) is 0 Å². The molecule has 1 heterocycles. The van der Waals surface area contributed by atoms with Crippen molar-refractivity contribution in [2.45, 2.75) is 32.0 Å². The standard InChI is InChI=1S/C13H18O4/c1-3-5-6-7-9-8-17-13(16)11(9)12(15)10(14)4-2/h4,6-7,10,12,14-15H,2-3,5,8H2,1H3/b7-6+/t10-,12+/m0/s1. The second kappa shape index (κ2) is 6.37. The van der Waals surface area contributed by atoms with Gasteiger partial charge in [-0.1, -0.05) is 31.6 Å². The van der Waals surface area contributed by atoms with E-state index in [1.807, 2.05) is 13.0 Å². The molecule has 0 aromatic carbocycles. The lowest BCUT2D eigenvalue weighted by Gasteiger charge is -2.14. The normalized spacial score (nSPS) is 19.6. The average Bonchev–Trinajstić information content (AvgIpc) is 2.69. The summed E-state index contributed by atoms with van der Waals surface area (Å²) in [4.78, 5) is 11.5. The maximum Gasteiger partial charge on any atom is 0.337 e. The number of carbonyl (C=O) groups excluding carboxylic acids is 1. The highest BCUT2D eigenvalue weighted by Crippen LogP contribution is 2.22. The molecule has 0 bridgehead atoms. The summed E-state index contributed by atoms with van der Waals surface area (Å²) in [6.07, 6.45) is 4.34. The Morgan fingerprint density at radius 3 is 2.82 bits per heavy atom. The zero-order chi connectivity index (χ0) is 12.8. The van der Waals surface area contributed by atoms with Crippen molar-refractivity contribution in [1.29, 1.82) is 0 Å². The number of ether oxygens (including phenoxy) is 1. The molecule has 0 saturated carbocycles. The summed E-state index contributed by atoms with van der Waals surface area (Å²) in [6, 6.07) is 0. The Morgan fingerprint density at radius 1 is 1.53 bits per heavy atom. The van der Waals surface area contributed by atoms with Crippen LogP contribution in [0.25, 0.3) is 0 Å². The molecule has 0 aromatic rings. The maximum absolute atomic E-state index is 11.5. The van der Waals surface area contributed by atoms with E-state index >= 15 is 0 Å². The van der Waals surface area contributed by atoms with E-state index in [4.69, 9.17) is 4.74 Å². The SMILES string of the molecule is C=C[C@H](O)[C@@H](O)C1=C(/C=C/CCC)COC1=O. The molecule has 0 unspecified atom stereocenters. The largest absolute Gasteiger partial charge is 0.457 e. The highest BCUT2D eigenvalue weighted by molar-refractivity contribution is 5.93. The monoisotopic (exact) mass is 238 g/mol. The summed E-state index contributed by atoms with van der Waals surface area (Å²) in [5.74, 6) is -0.574. The second-order valence-corrected chi connectivity index (χ2v) is 3.88. The third-order valence-electron chi connectivity index (χ3n) is 2.56. The number of aliphatic hydroxyl groups excluding tert-OH is 2. The van der Waals surface area contributed by atoms with Crippen molar-refractivity contribution in [1.82, 2.24) is 0 Å². The van der Waals surface area contributed by atoms with E-state index < -0.39 is 18.2 Å². The van der Waals surface area contributed by atoms with Crippen LogP contribution in [-0.4, -0.2) is 35.0 Å². The fourth-order valence-electron chi connectivity index (χ4n) is 1.57. The Labute approximate surface area is 101 Å². The molecule has 0 radical (unpaired) electrons. The highest BCUT2D eigenvalue weighted by Gasteiger charge is 2.32. The van der Waals surface area contributed by atoms with E-state index in [-0.39, 0.29) is 12.2 Å². The van der Waals surface area contributed by atoms with Gasteiger partial charge in [0.2, 0.25) is 0 Å². The average molecular weight is 238 g/mol. The molecule has 1 aliphatic heterocycles. The van der Waals surface area contributed by atoms with E-state index in [9.17, 15) is 15.0 Å². The Balaban J connectivity index is 2.91. The summed E-state index contributed by atoms with van der Waals surface area (Å²) in [5.41, 5.74) is 0.751. The minimum atomic E-state index is -1.27. The number of esters is 1. The first-order chi connectivity index (χ1) is 8.11. The molecule has 0 aliphatic carbocycles. The van der Waals surface area contributed by atoms with Crippen molar-refractivity contribution in [2.75, 3.05) is 6.61 Å². The highest BCUT2D eigenvalue weighted by atomic mass is 16.5. The van der Waals surface area contributed by atoms with Crippen molar-refractivity contribution in [3.05, 3.63) is 36.0 Å². The van der Waals surface area contributed by atoms with Gasteiger partial charge in [0.1, 0.15) is 18.8 Å². The van der Waals surface area contributed by atoms with Gasteiger partial charge in [0.25, 0.3) is 0 Å². The predicted molar refractivity (Wildman–Crippen MR) is 64.2 cm³/mol. The topological polar surface area (TPSA) is 66.8 Å². The van der Waals surface area contributed by atoms with Crippen LogP contribution in [0.15, 0.2) is 36.0 Å². The fraction of sp³-hybridized carbons (Fsp3) is 0.462. The van der Waals surface area contributed by atoms with Gasteiger partial charge in [-0.15, -0.1) is 6.58 Å². The summed E-state index contributed by atoms with van der Waals surface area (Å²) >= 11 is 0. The molecule has 0 amide bonds. The van der Waals surface area contributed by atoms with Crippen LogP contribution in [0.5, 0.6) is 0 Å². The number of cyclic esters (lactones) is 1. The molecule has 0 fully saturated rings. The van der Waals surface area contributed by atoms with E-state index in [0.717, 1.165) is 12.8 Å². The van der Waals surface area contributed by atoms with Crippen LogP contribution in [0.1, 0.15) is 19.8 Å². The Bertz CT molecular complexity index is 354. The summed E-state index contributed by atoms with van der Waals surface area (Å²) in [5, 5.41) is 19.3. The number of aliphatic hydroxyl groups is 2. The van der Waals surface area contributed by atoms with Gasteiger partial charge in [0, 0.05) is 5.57 Å². The minimum Gasteiger partial charge on any atom is -0.457 e. The van der Waals surface area contributed by atoms with Gasteiger partial charge in [-0.25, -0.2) is 4.79 Å². The van der Waals surface area contributed by atoms with Crippen LogP contribution in [0, 0.1) is 0 Å². The van der Waals surface area contributed by atoms with Gasteiger partial charge in [0.05, 0.1) is 5.57 Å². The van der Waals surface area contributed by atoms with Crippen molar-refractivity contribution in [3.8, 4) is 0 Å². The minimum absolute atomic E-state index is 0.129. The van der Waals surface area contributed by atoms with Gasteiger partial charge >= 0.3 is 5.97 Å². The van der Waals surface area contributed by atoms with Gasteiger partial charge in [-0.2, -0.15) is 0 Å². The van der Waals surface area contributed by atoms with E-state index in [2.05, 4.69) is 6.58 Å². The van der Waals surface area contributed by atoms with Crippen molar-refractivity contribution in [2.24, 2.45) is 0 Å². The first-order valence-corrected chi connectivity index (χ1v) is 5.67. The molecule has 1 aliphatic rings. The molecule has 2 atom stereocenters. The third kappa shape index (κ3) is 3.28. The zero-order valence-corrected chi connectivity index (χ0v) is 9.93. The summed E-state index contributed by atoms with van der Waals surface area (Å²) < 4.78 is 4.85. The van der Waals surface area contributed by atoms with Crippen molar-refractivity contribution in [3.63, 3.8) is 0 Å². The first-order valence-electron chi connectivity index (χ1n) is 5.67. The molecule has 94 valence electrons. The van der Waals surface area contributed by atoms with Crippen molar-refractivity contribution < 1.29 is 19.7 Å². The van der Waals surface area contributed by atoms with Crippen LogP contribution in [-0.2, 0) is 9.53 Å². The Hall–Kier alpha value is -1.39.